The smallest absolute Gasteiger partial charge is 0.183 e. The number of rotatable bonds is 2. The van der Waals surface area contributed by atoms with Crippen LogP contribution in [-0.4, -0.2) is 25.8 Å². The lowest BCUT2D eigenvalue weighted by Crippen LogP contribution is -2.37. The van der Waals surface area contributed by atoms with Crippen LogP contribution in [0.1, 0.15) is 18.9 Å². The number of anilines is 1. The Hall–Kier alpha value is -1.67. The molecule has 1 saturated heterocycles. The van der Waals surface area contributed by atoms with Crippen LogP contribution >= 0.6 is 0 Å². The number of likely N-dealkylation sites (N-methyl/N-ethyl adjacent to an activating group) is 1. The van der Waals surface area contributed by atoms with Gasteiger partial charge in [0, 0.05) is 13.7 Å². The molecule has 96 valence electrons. The predicted molar refractivity (Wildman–Crippen MR) is 63.3 cm³/mol. The summed E-state index contributed by atoms with van der Waals surface area (Å²) in [5, 5.41) is 8.64. The molecule has 0 amide bonds. The minimum atomic E-state index is -1.09. The first kappa shape index (κ1) is 12.8. The van der Waals surface area contributed by atoms with Crippen molar-refractivity contribution in [2.75, 3.05) is 18.6 Å². The monoisotopic (exact) mass is 252 g/mol. The predicted octanol–water partition coefficient (Wildman–Crippen LogP) is 2.45. The van der Waals surface area contributed by atoms with Gasteiger partial charge in [0.25, 0.3) is 0 Å². The zero-order chi connectivity index (χ0) is 13.3. The molecule has 5 heteroatoms. The van der Waals surface area contributed by atoms with Gasteiger partial charge in [0.05, 0.1) is 23.4 Å². The van der Waals surface area contributed by atoms with Gasteiger partial charge in [0.2, 0.25) is 0 Å². The van der Waals surface area contributed by atoms with Crippen LogP contribution in [0, 0.1) is 23.0 Å². The lowest BCUT2D eigenvalue weighted by atomic mass is 10.1. The van der Waals surface area contributed by atoms with E-state index in [0.717, 1.165) is 6.42 Å². The van der Waals surface area contributed by atoms with Crippen LogP contribution in [0.3, 0.4) is 0 Å². The molecule has 0 spiro atoms. The Morgan fingerprint density at radius 3 is 2.67 bits per heavy atom. The Bertz CT molecular complexity index is 498. The fraction of sp³-hybridized carbons (Fsp3) is 0.462. The third-order valence-corrected chi connectivity index (χ3v) is 3.40. The van der Waals surface area contributed by atoms with Crippen LogP contribution in [0.2, 0.25) is 0 Å². The van der Waals surface area contributed by atoms with Crippen molar-refractivity contribution in [1.82, 2.24) is 0 Å². The van der Waals surface area contributed by atoms with Crippen LogP contribution in [0.4, 0.5) is 14.5 Å². The van der Waals surface area contributed by atoms with Crippen LogP contribution in [0.15, 0.2) is 12.1 Å². The topological polar surface area (TPSA) is 36.3 Å². The number of nitriles is 1. The van der Waals surface area contributed by atoms with Gasteiger partial charge in [-0.2, -0.15) is 5.26 Å². The highest BCUT2D eigenvalue weighted by Crippen LogP contribution is 2.28. The molecule has 0 aromatic heterocycles. The maximum Gasteiger partial charge on any atom is 0.183 e. The first-order valence-corrected chi connectivity index (χ1v) is 5.78. The molecule has 2 unspecified atom stereocenters. The molecule has 0 radical (unpaired) electrons. The Labute approximate surface area is 105 Å². The molecule has 1 aromatic rings. The average molecular weight is 252 g/mol. The molecular formula is C13H14F2N2O. The van der Waals surface area contributed by atoms with E-state index in [1.807, 2.05) is 6.92 Å². The van der Waals surface area contributed by atoms with Gasteiger partial charge in [-0.25, -0.2) is 8.78 Å². The van der Waals surface area contributed by atoms with Crippen LogP contribution < -0.4 is 4.90 Å². The van der Waals surface area contributed by atoms with E-state index in [4.69, 9.17) is 10.00 Å². The van der Waals surface area contributed by atoms with Crippen LogP contribution in [0.5, 0.6) is 0 Å². The van der Waals surface area contributed by atoms with Crippen molar-refractivity contribution in [2.24, 2.45) is 0 Å². The second kappa shape index (κ2) is 4.91. The zero-order valence-corrected chi connectivity index (χ0v) is 10.3. The summed E-state index contributed by atoms with van der Waals surface area (Å²) in [4.78, 5) is 1.68. The van der Waals surface area contributed by atoms with Gasteiger partial charge >= 0.3 is 0 Å². The highest BCUT2D eigenvalue weighted by molar-refractivity contribution is 5.52. The average Bonchev–Trinajstić information content (AvgIpc) is 2.78. The van der Waals surface area contributed by atoms with E-state index < -0.39 is 11.6 Å². The summed E-state index contributed by atoms with van der Waals surface area (Å²) in [6, 6.07) is 4.37. The van der Waals surface area contributed by atoms with Crippen molar-refractivity contribution in [3.05, 3.63) is 29.3 Å². The summed E-state index contributed by atoms with van der Waals surface area (Å²) in [5.74, 6) is -2.07. The third-order valence-electron chi connectivity index (χ3n) is 3.40. The molecule has 0 saturated carbocycles. The van der Waals surface area contributed by atoms with Gasteiger partial charge in [-0.3, -0.25) is 0 Å². The lowest BCUT2D eigenvalue weighted by molar-refractivity contribution is 0.118. The number of benzene rings is 1. The first-order valence-electron chi connectivity index (χ1n) is 5.78. The van der Waals surface area contributed by atoms with Crippen molar-refractivity contribution < 1.29 is 13.5 Å². The molecule has 0 aliphatic carbocycles. The van der Waals surface area contributed by atoms with E-state index in [1.165, 1.54) is 12.1 Å². The maximum absolute atomic E-state index is 13.9. The number of halogens is 2. The summed E-state index contributed by atoms with van der Waals surface area (Å²) in [5.41, 5.74) is -0.116. The van der Waals surface area contributed by atoms with Gasteiger partial charge in [0.15, 0.2) is 11.6 Å². The van der Waals surface area contributed by atoms with Gasteiger partial charge in [-0.1, -0.05) is 0 Å². The summed E-state index contributed by atoms with van der Waals surface area (Å²) in [7, 11) is 1.71. The van der Waals surface area contributed by atoms with E-state index in [1.54, 1.807) is 18.0 Å². The minimum Gasteiger partial charge on any atom is -0.376 e. The second-order valence-corrected chi connectivity index (χ2v) is 4.41. The van der Waals surface area contributed by atoms with Crippen molar-refractivity contribution in [3.8, 4) is 6.07 Å². The standard InChI is InChI=1S/C13H14F2N2O/c1-8-10(5-6-18-8)17(2)11-4-3-9(7-16)12(14)13(11)15/h3-4,8,10H,5-6H2,1-2H3. The maximum atomic E-state index is 13.9. The quantitative estimate of drug-likeness (QED) is 0.811. The number of ether oxygens (including phenoxy) is 1. The highest BCUT2D eigenvalue weighted by Gasteiger charge is 2.30. The Morgan fingerprint density at radius 1 is 1.39 bits per heavy atom. The second-order valence-electron chi connectivity index (χ2n) is 4.41. The number of hydrogen-bond acceptors (Lipinski definition) is 3. The Balaban J connectivity index is 2.34. The van der Waals surface area contributed by atoms with Crippen molar-refractivity contribution in [2.45, 2.75) is 25.5 Å². The molecule has 1 aliphatic heterocycles. The number of hydrogen-bond donors (Lipinski definition) is 0. The summed E-state index contributed by atoms with van der Waals surface area (Å²) >= 11 is 0. The fourth-order valence-electron chi connectivity index (χ4n) is 2.31. The molecule has 1 aliphatic rings. The van der Waals surface area contributed by atoms with E-state index in [9.17, 15) is 8.78 Å². The normalized spacial score (nSPS) is 22.8. The lowest BCUT2D eigenvalue weighted by Gasteiger charge is -2.29. The summed E-state index contributed by atoms with van der Waals surface area (Å²) in [6.07, 6.45) is 0.756. The zero-order valence-electron chi connectivity index (χ0n) is 10.3. The molecule has 1 fully saturated rings. The fourth-order valence-corrected chi connectivity index (χ4v) is 2.31. The van der Waals surface area contributed by atoms with Gasteiger partial charge in [0.1, 0.15) is 6.07 Å². The molecule has 1 heterocycles. The Kier molecular flexibility index (Phi) is 3.48. The molecule has 1 aromatic carbocycles. The molecule has 0 bridgehead atoms. The largest absolute Gasteiger partial charge is 0.376 e. The van der Waals surface area contributed by atoms with Crippen molar-refractivity contribution in [1.29, 1.82) is 5.26 Å². The van der Waals surface area contributed by atoms with Crippen molar-refractivity contribution in [3.63, 3.8) is 0 Å². The summed E-state index contributed by atoms with van der Waals surface area (Å²) in [6.45, 7) is 2.53. The molecule has 18 heavy (non-hydrogen) atoms. The minimum absolute atomic E-state index is 0.0202. The highest BCUT2D eigenvalue weighted by atomic mass is 19.2. The van der Waals surface area contributed by atoms with Crippen molar-refractivity contribution >= 4 is 5.69 Å². The van der Waals surface area contributed by atoms with Gasteiger partial charge in [-0.15, -0.1) is 0 Å². The van der Waals surface area contributed by atoms with E-state index >= 15 is 0 Å². The van der Waals surface area contributed by atoms with Crippen LogP contribution in [0.25, 0.3) is 0 Å². The number of nitrogens with zero attached hydrogens (tertiary/aromatic N) is 2. The Morgan fingerprint density at radius 2 is 2.11 bits per heavy atom. The molecule has 3 nitrogen and oxygen atoms in total. The summed E-state index contributed by atoms with van der Waals surface area (Å²) < 4.78 is 32.8. The van der Waals surface area contributed by atoms with Gasteiger partial charge in [-0.05, 0) is 25.5 Å². The van der Waals surface area contributed by atoms with Gasteiger partial charge < -0.3 is 9.64 Å². The molecular weight excluding hydrogens is 238 g/mol. The SMILES string of the molecule is CC1OCCC1N(C)c1ccc(C#N)c(F)c1F. The first-order chi connectivity index (χ1) is 8.56. The van der Waals surface area contributed by atoms with E-state index in [-0.39, 0.29) is 23.4 Å². The molecule has 2 rings (SSSR count). The van der Waals surface area contributed by atoms with E-state index in [0.29, 0.717) is 6.61 Å². The van der Waals surface area contributed by atoms with E-state index in [2.05, 4.69) is 0 Å². The van der Waals surface area contributed by atoms with Crippen LogP contribution in [-0.2, 0) is 4.74 Å². The third kappa shape index (κ3) is 2.04. The molecule has 0 N–H and O–H groups in total. The molecule has 2 atom stereocenters.